The molecule has 0 aliphatic carbocycles. The molecule has 0 fully saturated rings. The minimum atomic E-state index is -3.95. The fourth-order valence-corrected chi connectivity index (χ4v) is 5.36. The molecule has 0 bridgehead atoms. The number of fused-ring (bicyclic) bond motifs is 1. The van der Waals surface area contributed by atoms with Gasteiger partial charge >= 0.3 is 0 Å². The number of benzene rings is 2. The number of sulfonamides is 1. The van der Waals surface area contributed by atoms with E-state index in [-0.39, 0.29) is 47.2 Å². The monoisotopic (exact) mass is 547 g/mol. The summed E-state index contributed by atoms with van der Waals surface area (Å²) in [4.78, 5) is 28.9. The molecule has 10 heteroatoms. The predicted octanol–water partition coefficient (Wildman–Crippen LogP) is 4.10. The lowest BCUT2D eigenvalue weighted by atomic mass is 10.0. The highest BCUT2D eigenvalue weighted by atomic mass is 35.5. The quantitative estimate of drug-likeness (QED) is 0.549. The smallest absolute Gasteiger partial charge is 0.257 e. The van der Waals surface area contributed by atoms with Gasteiger partial charge in [0.2, 0.25) is 15.9 Å². The largest absolute Gasteiger partial charge is 0.491 e. The Balaban J connectivity index is 1.94. The second-order valence-electron chi connectivity index (χ2n) is 9.50. The Bertz CT molecular complexity index is 1260. The van der Waals surface area contributed by atoms with Crippen LogP contribution in [0.2, 0.25) is 5.02 Å². The number of nitrogens with one attached hydrogen (secondary N) is 1. The van der Waals surface area contributed by atoms with E-state index in [9.17, 15) is 18.0 Å². The van der Waals surface area contributed by atoms with Crippen molar-refractivity contribution in [3.63, 3.8) is 0 Å². The van der Waals surface area contributed by atoms with Gasteiger partial charge in [-0.2, -0.15) is 0 Å². The van der Waals surface area contributed by atoms with Crippen molar-refractivity contribution < 1.29 is 22.7 Å². The van der Waals surface area contributed by atoms with E-state index in [2.05, 4.69) is 18.6 Å². The third kappa shape index (κ3) is 7.56. The van der Waals surface area contributed by atoms with Crippen molar-refractivity contribution in [2.45, 2.75) is 44.7 Å². The summed E-state index contributed by atoms with van der Waals surface area (Å²) in [5.74, 6) is 0.152. The summed E-state index contributed by atoms with van der Waals surface area (Å²) in [7, 11) is -2.32. The van der Waals surface area contributed by atoms with E-state index in [1.165, 1.54) is 30.0 Å². The standard InChI is InChI=1S/C27H34ClN3O5S/c1-19(2)15-22-18-36-26-12-11-23(37(34,35)29-17-21-9-5-6-10-25(21)28)16-24(26)27(33)30(4)13-7-8-14-31(22)20(3)32/h5-12,16,19,22,29H,13-15,17-18H2,1-4H3/b8-7+/t22-/m1/s1. The summed E-state index contributed by atoms with van der Waals surface area (Å²) in [5, 5.41) is 0.455. The maximum atomic E-state index is 13.3. The van der Waals surface area contributed by atoms with Gasteiger partial charge in [0.15, 0.2) is 0 Å². The highest BCUT2D eigenvalue weighted by molar-refractivity contribution is 7.89. The van der Waals surface area contributed by atoms with Gasteiger partial charge in [0.1, 0.15) is 12.4 Å². The molecule has 0 saturated heterocycles. The molecule has 0 unspecified atom stereocenters. The van der Waals surface area contributed by atoms with Crippen LogP contribution in [0.5, 0.6) is 5.75 Å². The van der Waals surface area contributed by atoms with Crippen molar-refractivity contribution in [3.05, 3.63) is 70.8 Å². The zero-order valence-corrected chi connectivity index (χ0v) is 23.2. The number of carbonyl (C=O) groups is 2. The number of nitrogens with zero attached hydrogens (tertiary/aromatic N) is 2. The average Bonchev–Trinajstić information content (AvgIpc) is 2.84. The molecule has 0 aromatic heterocycles. The summed E-state index contributed by atoms with van der Waals surface area (Å²) in [5.41, 5.74) is 0.769. The number of hydrogen-bond donors (Lipinski definition) is 1. The first-order valence-electron chi connectivity index (χ1n) is 12.2. The normalized spacial score (nSPS) is 18.0. The van der Waals surface area contributed by atoms with Gasteiger partial charge in [0, 0.05) is 38.6 Å². The molecule has 3 rings (SSSR count). The van der Waals surface area contributed by atoms with Gasteiger partial charge in [-0.25, -0.2) is 13.1 Å². The molecule has 0 radical (unpaired) electrons. The molecule has 1 aliphatic rings. The molecule has 37 heavy (non-hydrogen) atoms. The van der Waals surface area contributed by atoms with Crippen LogP contribution >= 0.6 is 11.6 Å². The third-order valence-corrected chi connectivity index (χ3v) is 7.88. The minimum Gasteiger partial charge on any atom is -0.491 e. The Morgan fingerprint density at radius 3 is 2.54 bits per heavy atom. The van der Waals surface area contributed by atoms with Crippen molar-refractivity contribution in [2.75, 3.05) is 26.7 Å². The van der Waals surface area contributed by atoms with Crippen LogP contribution in [0.1, 0.15) is 43.1 Å². The van der Waals surface area contributed by atoms with Crippen LogP contribution in [-0.4, -0.2) is 62.8 Å². The van der Waals surface area contributed by atoms with Crippen molar-refractivity contribution >= 4 is 33.4 Å². The van der Waals surface area contributed by atoms with Crippen LogP contribution in [0.4, 0.5) is 0 Å². The van der Waals surface area contributed by atoms with E-state index >= 15 is 0 Å². The number of hydrogen-bond acceptors (Lipinski definition) is 5. The van der Waals surface area contributed by atoms with E-state index in [0.29, 0.717) is 29.6 Å². The van der Waals surface area contributed by atoms with Crippen LogP contribution in [0.15, 0.2) is 59.5 Å². The number of halogens is 1. The Morgan fingerprint density at radius 2 is 1.86 bits per heavy atom. The molecule has 2 aromatic rings. The highest BCUT2D eigenvalue weighted by Gasteiger charge is 2.26. The van der Waals surface area contributed by atoms with Gasteiger partial charge < -0.3 is 14.5 Å². The van der Waals surface area contributed by atoms with Crippen molar-refractivity contribution in [2.24, 2.45) is 5.92 Å². The van der Waals surface area contributed by atoms with Crippen LogP contribution in [0.25, 0.3) is 0 Å². The Kier molecular flexibility index (Phi) is 9.75. The number of amides is 2. The zero-order valence-electron chi connectivity index (χ0n) is 21.6. The van der Waals surface area contributed by atoms with E-state index in [4.69, 9.17) is 16.3 Å². The van der Waals surface area contributed by atoms with Gasteiger partial charge in [0.25, 0.3) is 5.91 Å². The van der Waals surface area contributed by atoms with Crippen LogP contribution in [0, 0.1) is 5.92 Å². The SMILES string of the molecule is CC(=O)N1C/C=C/CN(C)C(=O)c2cc(S(=O)(=O)NCc3ccccc3Cl)ccc2OC[C@H]1CC(C)C. The van der Waals surface area contributed by atoms with Gasteiger partial charge in [0.05, 0.1) is 16.5 Å². The maximum absolute atomic E-state index is 13.3. The van der Waals surface area contributed by atoms with Gasteiger partial charge in [-0.05, 0) is 42.2 Å². The van der Waals surface area contributed by atoms with E-state index in [1.54, 1.807) is 36.2 Å². The fraction of sp³-hybridized carbons (Fsp3) is 0.407. The lowest BCUT2D eigenvalue weighted by molar-refractivity contribution is -0.131. The summed E-state index contributed by atoms with van der Waals surface area (Å²) >= 11 is 6.16. The molecule has 2 amide bonds. The second-order valence-corrected chi connectivity index (χ2v) is 11.7. The number of rotatable bonds is 6. The maximum Gasteiger partial charge on any atom is 0.257 e. The van der Waals surface area contributed by atoms with Crippen LogP contribution in [0.3, 0.4) is 0 Å². The van der Waals surface area contributed by atoms with Crippen LogP contribution in [-0.2, 0) is 21.4 Å². The third-order valence-electron chi connectivity index (χ3n) is 6.12. The topological polar surface area (TPSA) is 96.0 Å². The average molecular weight is 548 g/mol. The predicted molar refractivity (Wildman–Crippen MR) is 144 cm³/mol. The molecule has 0 saturated carbocycles. The van der Waals surface area contributed by atoms with Gasteiger partial charge in [-0.3, -0.25) is 9.59 Å². The number of likely N-dealkylation sites (N-methyl/N-ethyl adjacent to an activating group) is 1. The van der Waals surface area contributed by atoms with E-state index in [0.717, 1.165) is 6.42 Å². The summed E-state index contributed by atoms with van der Waals surface area (Å²) < 4.78 is 34.8. The zero-order chi connectivity index (χ0) is 27.2. The Morgan fingerprint density at radius 1 is 1.16 bits per heavy atom. The first kappa shape index (κ1) is 28.7. The molecular formula is C27H34ClN3O5S. The lowest BCUT2D eigenvalue weighted by Gasteiger charge is -2.32. The van der Waals surface area contributed by atoms with Crippen molar-refractivity contribution in [1.82, 2.24) is 14.5 Å². The highest BCUT2D eigenvalue weighted by Crippen LogP contribution is 2.26. The summed E-state index contributed by atoms with van der Waals surface area (Å²) in [6.45, 7) is 6.56. The molecule has 1 aliphatic heterocycles. The van der Waals surface area contributed by atoms with Crippen molar-refractivity contribution in [1.29, 1.82) is 0 Å². The molecule has 1 heterocycles. The lowest BCUT2D eigenvalue weighted by Crippen LogP contribution is -2.44. The molecule has 1 N–H and O–H groups in total. The first-order chi connectivity index (χ1) is 17.5. The van der Waals surface area contributed by atoms with Gasteiger partial charge in [-0.15, -0.1) is 0 Å². The minimum absolute atomic E-state index is 0.00595. The molecular weight excluding hydrogens is 514 g/mol. The van der Waals surface area contributed by atoms with Crippen molar-refractivity contribution in [3.8, 4) is 5.75 Å². The fourth-order valence-electron chi connectivity index (χ4n) is 4.13. The molecule has 1 atom stereocenters. The number of ether oxygens (including phenoxy) is 1. The Hall–Kier alpha value is -2.88. The number of carbonyl (C=O) groups excluding carboxylic acids is 2. The van der Waals surface area contributed by atoms with Gasteiger partial charge in [-0.1, -0.05) is 55.8 Å². The molecule has 200 valence electrons. The van der Waals surface area contributed by atoms with Crippen LogP contribution < -0.4 is 9.46 Å². The second kappa shape index (κ2) is 12.6. The Labute approximate surface area is 224 Å². The summed E-state index contributed by atoms with van der Waals surface area (Å²) in [6, 6.07) is 11.0. The van der Waals surface area contributed by atoms with E-state index in [1.807, 2.05) is 12.2 Å². The first-order valence-corrected chi connectivity index (χ1v) is 14.0. The van der Waals surface area contributed by atoms with E-state index < -0.39 is 10.0 Å². The molecule has 0 spiro atoms. The summed E-state index contributed by atoms with van der Waals surface area (Å²) in [6.07, 6.45) is 4.41. The molecule has 8 nitrogen and oxygen atoms in total. The molecule has 2 aromatic carbocycles.